The van der Waals surface area contributed by atoms with E-state index >= 15 is 0 Å². The van der Waals surface area contributed by atoms with Crippen LogP contribution in [0.1, 0.15) is 18.4 Å². The fourth-order valence-corrected chi connectivity index (χ4v) is 3.20. The molecule has 3 rings (SSSR count). The molecule has 6 heteroatoms. The number of piperidine rings is 1. The Morgan fingerprint density at radius 1 is 1.21 bits per heavy atom. The summed E-state index contributed by atoms with van der Waals surface area (Å²) < 4.78 is 5.97. The van der Waals surface area contributed by atoms with E-state index in [0.717, 1.165) is 24.9 Å². The first-order valence-electron chi connectivity index (χ1n) is 8.57. The summed E-state index contributed by atoms with van der Waals surface area (Å²) in [5.74, 6) is 0.0201. The molecule has 3 amide bonds. The fourth-order valence-electron chi connectivity index (χ4n) is 3.20. The number of urea groups is 1. The number of carbonyl (C=O) groups excluding carboxylic acids is 2. The number of likely N-dealkylation sites (N-methyl/N-ethyl adjacent to an activating group) is 1. The van der Waals surface area contributed by atoms with Crippen LogP contribution in [0.3, 0.4) is 0 Å². The van der Waals surface area contributed by atoms with E-state index in [2.05, 4.69) is 0 Å². The van der Waals surface area contributed by atoms with Crippen molar-refractivity contribution >= 4 is 11.9 Å². The molecule has 2 heterocycles. The number of hydrogen-bond donors (Lipinski definition) is 0. The molecule has 0 aliphatic carbocycles. The molecule has 0 aromatic heterocycles. The van der Waals surface area contributed by atoms with Crippen LogP contribution in [-0.4, -0.2) is 72.5 Å². The van der Waals surface area contributed by atoms with Gasteiger partial charge < -0.3 is 19.4 Å². The molecule has 1 aromatic rings. The SMILES string of the molecule is CN1CCN(CC(=O)N2CCCC(OCc3ccccc3)C2)C1=O. The van der Waals surface area contributed by atoms with Gasteiger partial charge in [-0.3, -0.25) is 4.79 Å². The van der Waals surface area contributed by atoms with Gasteiger partial charge in [-0.2, -0.15) is 0 Å². The molecule has 6 nitrogen and oxygen atoms in total. The van der Waals surface area contributed by atoms with Crippen molar-refractivity contribution < 1.29 is 14.3 Å². The summed E-state index contributed by atoms with van der Waals surface area (Å²) in [6.07, 6.45) is 1.99. The molecule has 2 aliphatic rings. The highest BCUT2D eigenvalue weighted by Crippen LogP contribution is 2.16. The van der Waals surface area contributed by atoms with Crippen LogP contribution in [0.2, 0.25) is 0 Å². The third-order valence-electron chi connectivity index (χ3n) is 4.69. The van der Waals surface area contributed by atoms with Crippen molar-refractivity contribution in [3.8, 4) is 0 Å². The van der Waals surface area contributed by atoms with Crippen molar-refractivity contribution in [1.82, 2.24) is 14.7 Å². The summed E-state index contributed by atoms with van der Waals surface area (Å²) in [5.41, 5.74) is 1.15. The molecule has 1 atom stereocenters. The second-order valence-electron chi connectivity index (χ2n) is 6.53. The zero-order valence-electron chi connectivity index (χ0n) is 14.2. The van der Waals surface area contributed by atoms with Crippen molar-refractivity contribution in [2.24, 2.45) is 0 Å². The lowest BCUT2D eigenvalue weighted by Crippen LogP contribution is -2.47. The lowest BCUT2D eigenvalue weighted by Gasteiger charge is -2.33. The second-order valence-corrected chi connectivity index (χ2v) is 6.53. The largest absolute Gasteiger partial charge is 0.372 e. The van der Waals surface area contributed by atoms with E-state index in [1.54, 1.807) is 16.8 Å². The summed E-state index contributed by atoms with van der Waals surface area (Å²) in [7, 11) is 1.77. The number of nitrogens with zero attached hydrogens (tertiary/aromatic N) is 3. The maximum Gasteiger partial charge on any atom is 0.320 e. The number of carbonyl (C=O) groups is 2. The third kappa shape index (κ3) is 4.06. The van der Waals surface area contributed by atoms with Gasteiger partial charge in [0, 0.05) is 33.2 Å². The monoisotopic (exact) mass is 331 g/mol. The van der Waals surface area contributed by atoms with Crippen LogP contribution in [-0.2, 0) is 16.1 Å². The lowest BCUT2D eigenvalue weighted by atomic mass is 10.1. The van der Waals surface area contributed by atoms with Gasteiger partial charge in [-0.15, -0.1) is 0 Å². The highest BCUT2D eigenvalue weighted by molar-refractivity contribution is 5.85. The molecule has 0 bridgehead atoms. The first-order chi connectivity index (χ1) is 11.6. The van der Waals surface area contributed by atoms with Gasteiger partial charge in [-0.05, 0) is 18.4 Å². The molecule has 130 valence electrons. The van der Waals surface area contributed by atoms with Crippen LogP contribution in [0, 0.1) is 0 Å². The van der Waals surface area contributed by atoms with E-state index in [9.17, 15) is 9.59 Å². The quantitative estimate of drug-likeness (QED) is 0.823. The standard InChI is InChI=1S/C18H25N3O3/c1-19-10-11-21(18(19)23)13-17(22)20-9-5-8-16(12-20)24-14-15-6-3-2-4-7-15/h2-4,6-7,16H,5,8-14H2,1H3. The molecule has 0 spiro atoms. The van der Waals surface area contributed by atoms with Crippen molar-refractivity contribution in [1.29, 1.82) is 0 Å². The molecule has 1 unspecified atom stereocenters. The second kappa shape index (κ2) is 7.66. The summed E-state index contributed by atoms with van der Waals surface area (Å²) in [5, 5.41) is 0. The highest BCUT2D eigenvalue weighted by atomic mass is 16.5. The minimum Gasteiger partial charge on any atom is -0.372 e. The van der Waals surface area contributed by atoms with Crippen LogP contribution in [0.4, 0.5) is 4.79 Å². The molecule has 0 radical (unpaired) electrons. The Labute approximate surface area is 143 Å². The number of ether oxygens (including phenoxy) is 1. The summed E-state index contributed by atoms with van der Waals surface area (Å²) in [6, 6.07) is 10.0. The van der Waals surface area contributed by atoms with E-state index in [1.807, 2.05) is 35.2 Å². The molecular formula is C18H25N3O3. The normalized spacial score (nSPS) is 21.5. The highest BCUT2D eigenvalue weighted by Gasteiger charge is 2.30. The van der Waals surface area contributed by atoms with Crippen LogP contribution in [0.15, 0.2) is 30.3 Å². The molecule has 0 N–H and O–H groups in total. The van der Waals surface area contributed by atoms with Gasteiger partial charge in [0.2, 0.25) is 5.91 Å². The summed E-state index contributed by atoms with van der Waals surface area (Å²) in [6.45, 7) is 3.43. The number of amides is 3. The van der Waals surface area contributed by atoms with Gasteiger partial charge in [0.1, 0.15) is 6.54 Å². The Hall–Kier alpha value is -2.08. The third-order valence-corrected chi connectivity index (χ3v) is 4.69. The van der Waals surface area contributed by atoms with Gasteiger partial charge in [-0.1, -0.05) is 30.3 Å². The van der Waals surface area contributed by atoms with Crippen molar-refractivity contribution in [2.45, 2.75) is 25.6 Å². The van der Waals surface area contributed by atoms with Gasteiger partial charge in [-0.25, -0.2) is 4.79 Å². The van der Waals surface area contributed by atoms with Gasteiger partial charge in [0.05, 0.1) is 12.7 Å². The predicted molar refractivity (Wildman–Crippen MR) is 90.4 cm³/mol. The molecule has 24 heavy (non-hydrogen) atoms. The number of likely N-dealkylation sites (tertiary alicyclic amines) is 1. The number of hydrogen-bond acceptors (Lipinski definition) is 3. The van der Waals surface area contributed by atoms with Crippen LogP contribution in [0.25, 0.3) is 0 Å². The van der Waals surface area contributed by atoms with Gasteiger partial charge in [0.25, 0.3) is 0 Å². The molecule has 2 aliphatic heterocycles. The zero-order chi connectivity index (χ0) is 16.9. The average molecular weight is 331 g/mol. The Bertz CT molecular complexity index is 578. The van der Waals surface area contributed by atoms with Crippen molar-refractivity contribution in [3.63, 3.8) is 0 Å². The topological polar surface area (TPSA) is 53.1 Å². The smallest absolute Gasteiger partial charge is 0.320 e. The molecule has 2 saturated heterocycles. The summed E-state index contributed by atoms with van der Waals surface area (Å²) in [4.78, 5) is 29.5. The van der Waals surface area contributed by atoms with Crippen LogP contribution >= 0.6 is 0 Å². The molecule has 2 fully saturated rings. The lowest BCUT2D eigenvalue weighted by molar-refractivity contribution is -0.136. The fraction of sp³-hybridized carbons (Fsp3) is 0.556. The molecule has 1 aromatic carbocycles. The van der Waals surface area contributed by atoms with Crippen LogP contribution in [0.5, 0.6) is 0 Å². The van der Waals surface area contributed by atoms with E-state index < -0.39 is 0 Å². The number of benzene rings is 1. The number of rotatable bonds is 5. The van der Waals surface area contributed by atoms with Crippen molar-refractivity contribution in [3.05, 3.63) is 35.9 Å². The first-order valence-corrected chi connectivity index (χ1v) is 8.57. The summed E-state index contributed by atoms with van der Waals surface area (Å²) >= 11 is 0. The predicted octanol–water partition coefficient (Wildman–Crippen LogP) is 1.56. The Morgan fingerprint density at radius 2 is 2.00 bits per heavy atom. The van der Waals surface area contributed by atoms with E-state index in [0.29, 0.717) is 26.2 Å². The molecular weight excluding hydrogens is 306 g/mol. The maximum atomic E-state index is 12.5. The Balaban J connectivity index is 1.48. The first kappa shape index (κ1) is 16.8. The maximum absolute atomic E-state index is 12.5. The minimum absolute atomic E-state index is 0.0201. The zero-order valence-corrected chi connectivity index (χ0v) is 14.2. The molecule has 0 saturated carbocycles. The Kier molecular flexibility index (Phi) is 5.35. The minimum atomic E-state index is -0.0581. The Morgan fingerprint density at radius 3 is 2.71 bits per heavy atom. The van der Waals surface area contributed by atoms with Gasteiger partial charge >= 0.3 is 6.03 Å². The van der Waals surface area contributed by atoms with E-state index in [-0.39, 0.29) is 24.6 Å². The average Bonchev–Trinajstić information content (AvgIpc) is 2.93. The van der Waals surface area contributed by atoms with Crippen LogP contribution < -0.4 is 0 Å². The van der Waals surface area contributed by atoms with Crippen molar-refractivity contribution in [2.75, 3.05) is 39.8 Å². The van der Waals surface area contributed by atoms with E-state index in [1.165, 1.54) is 0 Å². The van der Waals surface area contributed by atoms with Gasteiger partial charge in [0.15, 0.2) is 0 Å². The van der Waals surface area contributed by atoms with E-state index in [4.69, 9.17) is 4.74 Å².